The summed E-state index contributed by atoms with van der Waals surface area (Å²) in [6, 6.07) is 6.12. The van der Waals surface area contributed by atoms with Crippen LogP contribution in [0.4, 0.5) is 0 Å². The monoisotopic (exact) mass is 248 g/mol. The zero-order chi connectivity index (χ0) is 13.1. The fourth-order valence-corrected chi connectivity index (χ4v) is 1.80. The average molecular weight is 248 g/mol. The quantitative estimate of drug-likeness (QED) is 0.752. The summed E-state index contributed by atoms with van der Waals surface area (Å²) in [5.74, 6) is -0.0700. The lowest BCUT2D eigenvalue weighted by Crippen LogP contribution is -2.44. The SMILES string of the molecule is CC(=O)NC(Cc1ccc(O)cc1)C(=O)N1CC1. The van der Waals surface area contributed by atoms with E-state index in [1.54, 1.807) is 29.2 Å². The van der Waals surface area contributed by atoms with E-state index in [4.69, 9.17) is 0 Å². The Morgan fingerprint density at radius 1 is 1.33 bits per heavy atom. The molecule has 1 aromatic rings. The van der Waals surface area contributed by atoms with E-state index in [9.17, 15) is 14.7 Å². The van der Waals surface area contributed by atoms with Gasteiger partial charge in [-0.15, -0.1) is 0 Å². The molecule has 2 amide bonds. The van der Waals surface area contributed by atoms with Gasteiger partial charge in [-0.1, -0.05) is 12.1 Å². The van der Waals surface area contributed by atoms with E-state index in [1.807, 2.05) is 0 Å². The van der Waals surface area contributed by atoms with E-state index < -0.39 is 6.04 Å². The second-order valence-electron chi connectivity index (χ2n) is 4.45. The molecule has 0 bridgehead atoms. The molecule has 0 spiro atoms. The largest absolute Gasteiger partial charge is 0.508 e. The van der Waals surface area contributed by atoms with Crippen molar-refractivity contribution >= 4 is 11.8 Å². The van der Waals surface area contributed by atoms with Crippen LogP contribution < -0.4 is 5.32 Å². The third-order valence-corrected chi connectivity index (χ3v) is 2.81. The molecule has 1 aromatic carbocycles. The van der Waals surface area contributed by atoms with Crippen LogP contribution in [0.2, 0.25) is 0 Å². The van der Waals surface area contributed by atoms with Gasteiger partial charge < -0.3 is 15.3 Å². The molecule has 2 rings (SSSR count). The van der Waals surface area contributed by atoms with E-state index in [0.717, 1.165) is 18.7 Å². The molecule has 18 heavy (non-hydrogen) atoms. The molecule has 1 saturated heterocycles. The first-order chi connectivity index (χ1) is 8.56. The standard InChI is InChI=1S/C13H16N2O3/c1-9(16)14-12(13(18)15-6-7-15)8-10-2-4-11(17)5-3-10/h2-5,12,17H,6-8H2,1H3,(H,14,16). The van der Waals surface area contributed by atoms with Gasteiger partial charge in [0.1, 0.15) is 11.8 Å². The second kappa shape index (κ2) is 5.08. The number of amides is 2. The molecule has 1 fully saturated rings. The van der Waals surface area contributed by atoms with Crippen molar-refractivity contribution in [1.82, 2.24) is 10.2 Å². The van der Waals surface area contributed by atoms with Gasteiger partial charge in [0.2, 0.25) is 11.8 Å². The molecule has 96 valence electrons. The Kier molecular flexibility index (Phi) is 3.50. The van der Waals surface area contributed by atoms with Crippen molar-refractivity contribution in [2.45, 2.75) is 19.4 Å². The van der Waals surface area contributed by atoms with Crippen LogP contribution >= 0.6 is 0 Å². The van der Waals surface area contributed by atoms with Crippen LogP contribution in [0.1, 0.15) is 12.5 Å². The smallest absolute Gasteiger partial charge is 0.245 e. The van der Waals surface area contributed by atoms with E-state index in [2.05, 4.69) is 5.32 Å². The Hall–Kier alpha value is -2.04. The fraction of sp³-hybridized carbons (Fsp3) is 0.385. The lowest BCUT2D eigenvalue weighted by molar-refractivity contribution is -0.131. The van der Waals surface area contributed by atoms with Gasteiger partial charge in [-0.3, -0.25) is 9.59 Å². The number of benzene rings is 1. The first kappa shape index (κ1) is 12.4. The molecule has 2 N–H and O–H groups in total. The summed E-state index contributed by atoms with van der Waals surface area (Å²) in [4.78, 5) is 24.8. The van der Waals surface area contributed by atoms with E-state index >= 15 is 0 Å². The van der Waals surface area contributed by atoms with Gasteiger partial charge in [0, 0.05) is 26.4 Å². The number of hydrogen-bond donors (Lipinski definition) is 2. The minimum atomic E-state index is -0.519. The number of phenols is 1. The number of nitrogens with zero attached hydrogens (tertiary/aromatic N) is 1. The van der Waals surface area contributed by atoms with Gasteiger partial charge in [-0.2, -0.15) is 0 Å². The molecule has 1 aliphatic heterocycles. The maximum Gasteiger partial charge on any atom is 0.245 e. The summed E-state index contributed by atoms with van der Waals surface area (Å²) in [5.41, 5.74) is 0.904. The van der Waals surface area contributed by atoms with Crippen LogP contribution in [-0.4, -0.2) is 41.0 Å². The van der Waals surface area contributed by atoms with Crippen molar-refractivity contribution in [3.8, 4) is 5.75 Å². The third-order valence-electron chi connectivity index (χ3n) is 2.81. The number of nitrogens with one attached hydrogen (secondary N) is 1. The zero-order valence-electron chi connectivity index (χ0n) is 10.2. The number of aromatic hydroxyl groups is 1. The first-order valence-corrected chi connectivity index (χ1v) is 5.90. The Bertz CT molecular complexity index is 452. The summed E-state index contributed by atoms with van der Waals surface area (Å²) in [6.07, 6.45) is 0.440. The molecule has 1 unspecified atom stereocenters. The highest BCUT2D eigenvalue weighted by atomic mass is 16.3. The fourth-order valence-electron chi connectivity index (χ4n) is 1.80. The maximum atomic E-state index is 12.0. The predicted molar refractivity (Wildman–Crippen MR) is 66.0 cm³/mol. The van der Waals surface area contributed by atoms with Crippen molar-refractivity contribution in [1.29, 1.82) is 0 Å². The third kappa shape index (κ3) is 3.23. The highest BCUT2D eigenvalue weighted by molar-refractivity contribution is 5.88. The van der Waals surface area contributed by atoms with Gasteiger partial charge >= 0.3 is 0 Å². The van der Waals surface area contributed by atoms with E-state index in [0.29, 0.717) is 6.42 Å². The molecule has 0 aromatic heterocycles. The number of hydrogen-bond acceptors (Lipinski definition) is 3. The van der Waals surface area contributed by atoms with E-state index in [1.165, 1.54) is 6.92 Å². The van der Waals surface area contributed by atoms with Crippen molar-refractivity contribution in [3.63, 3.8) is 0 Å². The molecular weight excluding hydrogens is 232 g/mol. The van der Waals surface area contributed by atoms with Crippen LogP contribution in [-0.2, 0) is 16.0 Å². The molecular formula is C13H16N2O3. The van der Waals surface area contributed by atoms with E-state index in [-0.39, 0.29) is 17.6 Å². The van der Waals surface area contributed by atoms with Gasteiger partial charge in [0.15, 0.2) is 0 Å². The summed E-state index contributed by atoms with van der Waals surface area (Å²) >= 11 is 0. The number of carbonyl (C=O) groups is 2. The van der Waals surface area contributed by atoms with Crippen LogP contribution in [0.25, 0.3) is 0 Å². The highest BCUT2D eigenvalue weighted by Crippen LogP contribution is 2.14. The normalized spacial score (nSPS) is 15.1. The molecule has 1 aliphatic rings. The molecule has 1 heterocycles. The molecule has 0 aliphatic carbocycles. The summed E-state index contributed by atoms with van der Waals surface area (Å²) in [6.45, 7) is 2.94. The lowest BCUT2D eigenvalue weighted by Gasteiger charge is -2.17. The minimum Gasteiger partial charge on any atom is -0.508 e. The Labute approximate surface area is 105 Å². The lowest BCUT2D eigenvalue weighted by atomic mass is 10.0. The summed E-state index contributed by atoms with van der Waals surface area (Å²) < 4.78 is 0. The van der Waals surface area contributed by atoms with Crippen molar-refractivity contribution in [2.75, 3.05) is 13.1 Å². The Morgan fingerprint density at radius 3 is 2.44 bits per heavy atom. The highest BCUT2D eigenvalue weighted by Gasteiger charge is 2.31. The maximum absolute atomic E-state index is 12.0. The van der Waals surface area contributed by atoms with Crippen LogP contribution in [0.5, 0.6) is 5.75 Å². The molecule has 5 heteroatoms. The Balaban J connectivity index is 2.06. The second-order valence-corrected chi connectivity index (χ2v) is 4.45. The van der Waals surface area contributed by atoms with Crippen LogP contribution in [0.15, 0.2) is 24.3 Å². The van der Waals surface area contributed by atoms with Crippen molar-refractivity contribution < 1.29 is 14.7 Å². The van der Waals surface area contributed by atoms with Crippen LogP contribution in [0, 0.1) is 0 Å². The number of rotatable bonds is 4. The minimum absolute atomic E-state index is 0.0433. The van der Waals surface area contributed by atoms with Crippen molar-refractivity contribution in [2.24, 2.45) is 0 Å². The van der Waals surface area contributed by atoms with Gasteiger partial charge in [-0.25, -0.2) is 0 Å². The summed E-state index contributed by atoms with van der Waals surface area (Å²) in [5, 5.41) is 11.9. The molecule has 5 nitrogen and oxygen atoms in total. The van der Waals surface area contributed by atoms with Gasteiger partial charge in [-0.05, 0) is 17.7 Å². The average Bonchev–Trinajstić information content (AvgIpc) is 3.13. The topological polar surface area (TPSA) is 69.4 Å². The molecule has 0 saturated carbocycles. The number of carbonyl (C=O) groups excluding carboxylic acids is 2. The first-order valence-electron chi connectivity index (χ1n) is 5.90. The molecule has 0 radical (unpaired) electrons. The predicted octanol–water partition coefficient (Wildman–Crippen LogP) is 0.282. The summed E-state index contributed by atoms with van der Waals surface area (Å²) in [7, 11) is 0. The zero-order valence-corrected chi connectivity index (χ0v) is 10.2. The van der Waals surface area contributed by atoms with Crippen LogP contribution in [0.3, 0.4) is 0 Å². The van der Waals surface area contributed by atoms with Gasteiger partial charge in [0.25, 0.3) is 0 Å². The molecule has 1 atom stereocenters. The Morgan fingerprint density at radius 2 is 1.94 bits per heavy atom. The number of phenolic OH excluding ortho intramolecular Hbond substituents is 1. The van der Waals surface area contributed by atoms with Crippen molar-refractivity contribution in [3.05, 3.63) is 29.8 Å². The van der Waals surface area contributed by atoms with Gasteiger partial charge in [0.05, 0.1) is 0 Å².